The van der Waals surface area contributed by atoms with Crippen molar-refractivity contribution >= 4 is 11.6 Å². The first-order chi connectivity index (χ1) is 17.5. The van der Waals surface area contributed by atoms with E-state index < -0.39 is 0 Å². The predicted octanol–water partition coefficient (Wildman–Crippen LogP) is 4.21. The van der Waals surface area contributed by atoms with Gasteiger partial charge >= 0.3 is 0 Å². The molecule has 3 aromatic rings. The van der Waals surface area contributed by atoms with Gasteiger partial charge in [0.05, 0.1) is 17.7 Å². The van der Waals surface area contributed by atoms with Gasteiger partial charge in [0.15, 0.2) is 5.82 Å². The van der Waals surface area contributed by atoms with Crippen LogP contribution >= 0.6 is 0 Å². The van der Waals surface area contributed by atoms with Crippen LogP contribution in [0.5, 0.6) is 0 Å². The van der Waals surface area contributed by atoms with Gasteiger partial charge in [0, 0.05) is 50.1 Å². The molecule has 1 N–H and O–H groups in total. The first-order valence-electron chi connectivity index (χ1n) is 12.6. The van der Waals surface area contributed by atoms with Crippen molar-refractivity contribution in [1.82, 2.24) is 20.1 Å². The van der Waals surface area contributed by atoms with Gasteiger partial charge in [-0.05, 0) is 74.4 Å². The maximum atomic E-state index is 13.7. The molecule has 8 heteroatoms. The number of hydrogen-bond donors (Lipinski definition) is 1. The van der Waals surface area contributed by atoms with Crippen LogP contribution in [0.15, 0.2) is 36.4 Å². The molecule has 0 spiro atoms. The number of amides is 1. The van der Waals surface area contributed by atoms with Crippen molar-refractivity contribution in [3.63, 3.8) is 0 Å². The Morgan fingerprint density at radius 3 is 2.44 bits per heavy atom. The topological polar surface area (TPSA) is 98.1 Å². The van der Waals surface area contributed by atoms with Crippen molar-refractivity contribution in [3.8, 4) is 17.5 Å². The first kappa shape index (κ1) is 24.0. The number of aromatic amines is 1. The van der Waals surface area contributed by atoms with Crippen molar-refractivity contribution in [3.05, 3.63) is 64.5 Å². The van der Waals surface area contributed by atoms with Crippen molar-refractivity contribution in [2.75, 3.05) is 38.2 Å². The molecule has 0 saturated carbocycles. The van der Waals surface area contributed by atoms with Crippen molar-refractivity contribution < 1.29 is 9.53 Å². The van der Waals surface area contributed by atoms with Crippen LogP contribution in [0, 0.1) is 25.2 Å². The monoisotopic (exact) mass is 484 g/mol. The highest BCUT2D eigenvalue weighted by Crippen LogP contribution is 2.36. The Morgan fingerprint density at radius 2 is 1.83 bits per heavy atom. The van der Waals surface area contributed by atoms with Crippen molar-refractivity contribution in [2.45, 2.75) is 45.1 Å². The number of rotatable bonds is 5. The third-order valence-electron chi connectivity index (χ3n) is 7.54. The van der Waals surface area contributed by atoms with E-state index in [0.29, 0.717) is 36.0 Å². The van der Waals surface area contributed by atoms with Gasteiger partial charge < -0.3 is 19.5 Å². The number of nitrogens with zero attached hydrogens (tertiary/aromatic N) is 5. The molecule has 2 aliphatic heterocycles. The van der Waals surface area contributed by atoms with Gasteiger partial charge in [0.25, 0.3) is 5.91 Å². The summed E-state index contributed by atoms with van der Waals surface area (Å²) < 4.78 is 5.58. The minimum absolute atomic E-state index is 0.0611. The molecule has 0 unspecified atom stereocenters. The van der Waals surface area contributed by atoms with Crippen LogP contribution in [0.1, 0.15) is 58.1 Å². The molecule has 1 amide bonds. The average Bonchev–Trinajstić information content (AvgIpc) is 3.57. The molecule has 0 bridgehead atoms. The Labute approximate surface area is 211 Å². The standard InChI is InChI=1S/C28H32N6O2/c1-18-14-26(34-13-10-23(17-34)36-3)25(27-30-19(2)31-32-27)15-24(18)28(35)33-11-8-22(9-12-33)21-6-4-20(16-29)5-7-21/h4-7,14-15,22-23H,8-13,17H2,1-3H3,(H,30,31,32)/t23-/m0/s1. The van der Waals surface area contributed by atoms with Gasteiger partial charge in [-0.1, -0.05) is 12.1 Å². The lowest BCUT2D eigenvalue weighted by Crippen LogP contribution is -2.38. The predicted molar refractivity (Wildman–Crippen MR) is 138 cm³/mol. The number of likely N-dealkylation sites (tertiary alicyclic amines) is 1. The van der Waals surface area contributed by atoms with E-state index in [1.54, 1.807) is 7.11 Å². The molecule has 0 aliphatic carbocycles. The lowest BCUT2D eigenvalue weighted by molar-refractivity contribution is 0.0712. The largest absolute Gasteiger partial charge is 0.380 e. The summed E-state index contributed by atoms with van der Waals surface area (Å²) in [4.78, 5) is 21.2. The lowest BCUT2D eigenvalue weighted by atomic mass is 9.88. The second-order valence-corrected chi connectivity index (χ2v) is 9.84. The molecular formula is C28H32N6O2. The van der Waals surface area contributed by atoms with Crippen LogP contribution in [0.25, 0.3) is 11.4 Å². The average molecular weight is 485 g/mol. The van der Waals surface area contributed by atoms with Gasteiger partial charge in [-0.15, -0.1) is 10.2 Å². The second-order valence-electron chi connectivity index (χ2n) is 9.84. The summed E-state index contributed by atoms with van der Waals surface area (Å²) in [5.74, 6) is 1.88. The second kappa shape index (κ2) is 10.1. The van der Waals surface area contributed by atoms with Gasteiger partial charge in [0.1, 0.15) is 5.82 Å². The van der Waals surface area contributed by atoms with Crippen LogP contribution in [0.4, 0.5) is 5.69 Å². The van der Waals surface area contributed by atoms with E-state index in [1.165, 1.54) is 5.56 Å². The number of anilines is 1. The number of nitriles is 1. The summed E-state index contributed by atoms with van der Waals surface area (Å²) in [6.45, 7) is 7.03. The van der Waals surface area contributed by atoms with Gasteiger partial charge in [-0.3, -0.25) is 4.79 Å². The van der Waals surface area contributed by atoms with Crippen molar-refractivity contribution in [2.24, 2.45) is 0 Å². The SMILES string of the molecule is CO[C@H]1CCN(c2cc(C)c(C(=O)N3CCC(c4ccc(C#N)cc4)CC3)cc2-c2nnc(C)[nH]2)C1. The third-order valence-corrected chi connectivity index (χ3v) is 7.54. The number of benzene rings is 2. The Morgan fingerprint density at radius 1 is 1.08 bits per heavy atom. The maximum absolute atomic E-state index is 13.7. The number of carbonyl (C=O) groups excluding carboxylic acids is 1. The molecule has 5 rings (SSSR count). The summed E-state index contributed by atoms with van der Waals surface area (Å²) in [6, 6.07) is 14.1. The fraction of sp³-hybridized carbons (Fsp3) is 0.429. The fourth-order valence-electron chi connectivity index (χ4n) is 5.40. The fourth-order valence-corrected chi connectivity index (χ4v) is 5.40. The van der Waals surface area contributed by atoms with E-state index in [4.69, 9.17) is 10.00 Å². The Kier molecular flexibility index (Phi) is 6.75. The highest BCUT2D eigenvalue weighted by atomic mass is 16.5. The normalized spacial score (nSPS) is 18.4. The number of aromatic nitrogens is 3. The summed E-state index contributed by atoms with van der Waals surface area (Å²) in [5.41, 5.74) is 5.54. The number of H-pyrrole nitrogens is 1. The number of hydrogen-bond acceptors (Lipinski definition) is 6. The molecule has 3 heterocycles. The van der Waals surface area contributed by atoms with Crippen LogP contribution in [-0.2, 0) is 4.74 Å². The minimum atomic E-state index is 0.0611. The molecule has 2 aromatic carbocycles. The Hall–Kier alpha value is -3.70. The smallest absolute Gasteiger partial charge is 0.254 e. The van der Waals surface area contributed by atoms with Crippen LogP contribution in [0.3, 0.4) is 0 Å². The summed E-state index contributed by atoms with van der Waals surface area (Å²) in [7, 11) is 1.76. The molecule has 8 nitrogen and oxygen atoms in total. The molecule has 1 aromatic heterocycles. The maximum Gasteiger partial charge on any atom is 0.254 e. The minimum Gasteiger partial charge on any atom is -0.380 e. The van der Waals surface area contributed by atoms with Crippen LogP contribution < -0.4 is 4.90 Å². The number of aryl methyl sites for hydroxylation is 2. The molecular weight excluding hydrogens is 452 g/mol. The molecule has 2 saturated heterocycles. The Bertz CT molecular complexity index is 1280. The van der Waals surface area contributed by atoms with E-state index >= 15 is 0 Å². The zero-order chi connectivity index (χ0) is 25.2. The summed E-state index contributed by atoms with van der Waals surface area (Å²) in [6.07, 6.45) is 3.00. The van der Waals surface area contributed by atoms with Gasteiger partial charge in [-0.2, -0.15) is 5.26 Å². The number of carbonyl (C=O) groups is 1. The highest BCUT2D eigenvalue weighted by molar-refractivity contribution is 5.98. The molecule has 36 heavy (non-hydrogen) atoms. The number of nitrogens with one attached hydrogen (secondary N) is 1. The molecule has 2 fully saturated rings. The van der Waals surface area contributed by atoms with Crippen molar-refractivity contribution in [1.29, 1.82) is 5.26 Å². The number of ether oxygens (including phenoxy) is 1. The zero-order valence-corrected chi connectivity index (χ0v) is 21.1. The molecule has 2 aliphatic rings. The van der Waals surface area contributed by atoms with E-state index in [1.807, 2.05) is 49.1 Å². The number of piperidine rings is 1. The Balaban J connectivity index is 1.38. The van der Waals surface area contributed by atoms with E-state index in [0.717, 1.165) is 55.0 Å². The van der Waals surface area contributed by atoms with Gasteiger partial charge in [0.2, 0.25) is 0 Å². The third kappa shape index (κ3) is 4.71. The first-order valence-corrected chi connectivity index (χ1v) is 12.6. The highest BCUT2D eigenvalue weighted by Gasteiger charge is 2.29. The summed E-state index contributed by atoms with van der Waals surface area (Å²) >= 11 is 0. The van der Waals surface area contributed by atoms with Gasteiger partial charge in [-0.25, -0.2) is 0 Å². The zero-order valence-electron chi connectivity index (χ0n) is 21.1. The summed E-state index contributed by atoms with van der Waals surface area (Å²) in [5, 5.41) is 17.6. The molecule has 0 radical (unpaired) electrons. The van der Waals surface area contributed by atoms with E-state index in [9.17, 15) is 4.79 Å². The molecule has 1 atom stereocenters. The quantitative estimate of drug-likeness (QED) is 0.583. The number of methoxy groups -OCH3 is 1. The lowest BCUT2D eigenvalue weighted by Gasteiger charge is -2.33. The van der Waals surface area contributed by atoms with Crippen LogP contribution in [0.2, 0.25) is 0 Å². The van der Waals surface area contributed by atoms with Crippen LogP contribution in [-0.4, -0.2) is 65.4 Å². The molecule has 186 valence electrons. The van der Waals surface area contributed by atoms with E-state index in [-0.39, 0.29) is 12.0 Å². The van der Waals surface area contributed by atoms with E-state index in [2.05, 4.69) is 32.2 Å².